The highest BCUT2D eigenvalue weighted by atomic mass is 19.1. The van der Waals surface area contributed by atoms with Gasteiger partial charge in [0.15, 0.2) is 11.6 Å². The molecule has 0 radical (unpaired) electrons. The second-order valence-electron chi connectivity index (χ2n) is 8.34. The first kappa shape index (κ1) is 21.5. The van der Waals surface area contributed by atoms with Crippen molar-refractivity contribution < 1.29 is 9.13 Å². The number of nitrogens with zero attached hydrogens (tertiary/aromatic N) is 3. The first-order chi connectivity index (χ1) is 15.2. The molecule has 1 unspecified atom stereocenters. The number of aromatic nitrogens is 3. The minimum absolute atomic E-state index is 0.197. The molecule has 1 saturated heterocycles. The van der Waals surface area contributed by atoms with Gasteiger partial charge in [-0.1, -0.05) is 19.3 Å². The number of halogens is 1. The summed E-state index contributed by atoms with van der Waals surface area (Å²) in [6, 6.07) is 5.10. The number of hydrogen-bond donors (Lipinski definition) is 4. The van der Waals surface area contributed by atoms with Crippen LogP contribution in [0.25, 0.3) is 0 Å². The maximum absolute atomic E-state index is 14.1. The zero-order valence-corrected chi connectivity index (χ0v) is 18.1. The summed E-state index contributed by atoms with van der Waals surface area (Å²) in [6.07, 6.45) is 8.73. The molecule has 4 N–H and O–H groups in total. The van der Waals surface area contributed by atoms with Crippen LogP contribution in [-0.4, -0.2) is 47.7 Å². The molecule has 1 aromatic carbocycles. The molecule has 2 aliphatic rings. The second-order valence-corrected chi connectivity index (χ2v) is 8.34. The third kappa shape index (κ3) is 6.16. The quantitative estimate of drug-likeness (QED) is 0.476. The summed E-state index contributed by atoms with van der Waals surface area (Å²) >= 11 is 0. The fraction of sp³-hybridized carbons (Fsp3) is 0.591. The van der Waals surface area contributed by atoms with Crippen molar-refractivity contribution in [3.63, 3.8) is 0 Å². The Balaban J connectivity index is 1.47. The van der Waals surface area contributed by atoms with Gasteiger partial charge in [0, 0.05) is 30.9 Å². The summed E-state index contributed by atoms with van der Waals surface area (Å²) in [4.78, 5) is 13.6. The summed E-state index contributed by atoms with van der Waals surface area (Å²) in [5, 5.41) is 13.3. The van der Waals surface area contributed by atoms with Crippen molar-refractivity contribution in [2.24, 2.45) is 5.92 Å². The van der Waals surface area contributed by atoms with Crippen molar-refractivity contribution in [1.29, 1.82) is 0 Å². The fourth-order valence-corrected chi connectivity index (χ4v) is 4.24. The van der Waals surface area contributed by atoms with E-state index in [1.54, 1.807) is 12.1 Å². The number of methoxy groups -OCH3 is 1. The molecule has 1 aliphatic heterocycles. The maximum Gasteiger partial charge on any atom is 0.233 e. The first-order valence-electron chi connectivity index (χ1n) is 11.3. The highest BCUT2D eigenvalue weighted by molar-refractivity contribution is 5.57. The maximum atomic E-state index is 14.1. The minimum atomic E-state index is -0.442. The SMILES string of the molecule is COc1ccc(Nc2nc(NCC3CCCCC3)nc(NCC3CCCN3)n2)cc1F. The fourth-order valence-electron chi connectivity index (χ4n) is 4.24. The molecule has 1 aromatic heterocycles. The van der Waals surface area contributed by atoms with Gasteiger partial charge in [0.05, 0.1) is 7.11 Å². The molecule has 2 heterocycles. The Morgan fingerprint density at radius 1 is 0.968 bits per heavy atom. The van der Waals surface area contributed by atoms with Crippen molar-refractivity contribution in [3.05, 3.63) is 24.0 Å². The largest absolute Gasteiger partial charge is 0.494 e. The highest BCUT2D eigenvalue weighted by Gasteiger charge is 2.17. The van der Waals surface area contributed by atoms with Crippen molar-refractivity contribution in [2.75, 3.05) is 42.7 Å². The number of ether oxygens (including phenoxy) is 1. The predicted molar refractivity (Wildman–Crippen MR) is 121 cm³/mol. The van der Waals surface area contributed by atoms with Gasteiger partial charge < -0.3 is 26.0 Å². The molecule has 8 nitrogen and oxygen atoms in total. The lowest BCUT2D eigenvalue weighted by Crippen LogP contribution is -2.30. The van der Waals surface area contributed by atoms with Crippen LogP contribution in [0.15, 0.2) is 18.2 Å². The van der Waals surface area contributed by atoms with Crippen molar-refractivity contribution in [1.82, 2.24) is 20.3 Å². The van der Waals surface area contributed by atoms with Crippen LogP contribution in [0.1, 0.15) is 44.9 Å². The third-order valence-electron chi connectivity index (χ3n) is 5.99. The van der Waals surface area contributed by atoms with E-state index in [9.17, 15) is 4.39 Å². The first-order valence-corrected chi connectivity index (χ1v) is 11.3. The van der Waals surface area contributed by atoms with Gasteiger partial charge in [-0.15, -0.1) is 0 Å². The summed E-state index contributed by atoms with van der Waals surface area (Å²) in [5.74, 6) is 1.81. The molecule has 0 bridgehead atoms. The molecule has 1 saturated carbocycles. The summed E-state index contributed by atoms with van der Waals surface area (Å²) in [6.45, 7) is 2.65. The van der Waals surface area contributed by atoms with Crippen LogP contribution in [-0.2, 0) is 0 Å². The minimum Gasteiger partial charge on any atom is -0.494 e. The van der Waals surface area contributed by atoms with E-state index in [0.29, 0.717) is 35.5 Å². The van der Waals surface area contributed by atoms with Crippen LogP contribution in [0, 0.1) is 11.7 Å². The topological polar surface area (TPSA) is 96.0 Å². The second kappa shape index (κ2) is 10.6. The molecular formula is C22H32FN7O. The van der Waals surface area contributed by atoms with E-state index in [-0.39, 0.29) is 5.75 Å². The van der Waals surface area contributed by atoms with Crippen molar-refractivity contribution >= 4 is 23.5 Å². The Hall–Kier alpha value is -2.68. The van der Waals surface area contributed by atoms with Crippen molar-refractivity contribution in [2.45, 2.75) is 51.0 Å². The molecule has 1 atom stereocenters. The average molecular weight is 430 g/mol. The molecule has 1 aliphatic carbocycles. The van der Waals surface area contributed by atoms with Gasteiger partial charge in [0.2, 0.25) is 17.8 Å². The Morgan fingerprint density at radius 2 is 1.71 bits per heavy atom. The lowest BCUT2D eigenvalue weighted by molar-refractivity contribution is 0.373. The summed E-state index contributed by atoms with van der Waals surface area (Å²) in [5.41, 5.74) is 0.547. The summed E-state index contributed by atoms with van der Waals surface area (Å²) in [7, 11) is 1.44. The van der Waals surface area contributed by atoms with Crippen molar-refractivity contribution in [3.8, 4) is 5.75 Å². The van der Waals surface area contributed by atoms with E-state index in [4.69, 9.17) is 4.74 Å². The zero-order chi connectivity index (χ0) is 21.5. The van der Waals surface area contributed by atoms with Crippen LogP contribution in [0.3, 0.4) is 0 Å². The summed E-state index contributed by atoms with van der Waals surface area (Å²) < 4.78 is 19.1. The highest BCUT2D eigenvalue weighted by Crippen LogP contribution is 2.25. The van der Waals surface area contributed by atoms with E-state index in [2.05, 4.69) is 36.2 Å². The molecule has 0 amide bonds. The monoisotopic (exact) mass is 429 g/mol. The average Bonchev–Trinajstić information content (AvgIpc) is 3.31. The van der Waals surface area contributed by atoms with Gasteiger partial charge in [-0.25, -0.2) is 4.39 Å². The Bertz CT molecular complexity index is 854. The van der Waals surface area contributed by atoms with Gasteiger partial charge in [-0.05, 0) is 50.3 Å². The Labute approximate surface area is 182 Å². The van der Waals surface area contributed by atoms with E-state index in [0.717, 1.165) is 26.1 Å². The van der Waals surface area contributed by atoms with Crippen LogP contribution >= 0.6 is 0 Å². The van der Waals surface area contributed by atoms with E-state index < -0.39 is 5.82 Å². The van der Waals surface area contributed by atoms with Gasteiger partial charge in [-0.3, -0.25) is 0 Å². The lowest BCUT2D eigenvalue weighted by Gasteiger charge is -2.22. The molecule has 4 rings (SSSR count). The molecule has 168 valence electrons. The standard InChI is InChI=1S/C22H32FN7O/c1-31-19-10-9-16(12-18(19)23)27-22-29-20(25-13-15-6-3-2-4-7-15)28-21(30-22)26-14-17-8-5-11-24-17/h9-10,12,15,17,24H,2-8,11,13-14H2,1H3,(H3,25,26,27,28,29,30). The van der Waals surface area contributed by atoms with Gasteiger partial charge >= 0.3 is 0 Å². The molecule has 2 fully saturated rings. The molecule has 9 heteroatoms. The van der Waals surface area contributed by atoms with Crippen LogP contribution in [0.4, 0.5) is 27.9 Å². The van der Waals surface area contributed by atoms with Gasteiger partial charge in [0.1, 0.15) is 0 Å². The van der Waals surface area contributed by atoms with Crippen LogP contribution in [0.2, 0.25) is 0 Å². The number of anilines is 4. The molecule has 0 spiro atoms. The Kier molecular flexibility index (Phi) is 7.35. The van der Waals surface area contributed by atoms with E-state index in [1.165, 1.54) is 51.7 Å². The van der Waals surface area contributed by atoms with E-state index >= 15 is 0 Å². The van der Waals surface area contributed by atoms with Gasteiger partial charge in [-0.2, -0.15) is 15.0 Å². The van der Waals surface area contributed by atoms with E-state index in [1.807, 2.05) is 0 Å². The molecule has 2 aromatic rings. The van der Waals surface area contributed by atoms with Gasteiger partial charge in [0.25, 0.3) is 0 Å². The normalized spacial score (nSPS) is 19.2. The number of nitrogens with one attached hydrogen (secondary N) is 4. The predicted octanol–water partition coefficient (Wildman–Crippen LogP) is 3.92. The zero-order valence-electron chi connectivity index (χ0n) is 18.1. The smallest absolute Gasteiger partial charge is 0.233 e. The molecule has 31 heavy (non-hydrogen) atoms. The Morgan fingerprint density at radius 3 is 2.39 bits per heavy atom. The number of hydrogen-bond acceptors (Lipinski definition) is 8. The third-order valence-corrected chi connectivity index (χ3v) is 5.99. The van der Waals surface area contributed by atoms with Crippen LogP contribution < -0.4 is 26.0 Å². The molecular weight excluding hydrogens is 397 g/mol. The number of benzene rings is 1. The lowest BCUT2D eigenvalue weighted by atomic mass is 9.89. The number of rotatable bonds is 9. The van der Waals surface area contributed by atoms with Crippen LogP contribution in [0.5, 0.6) is 5.75 Å².